The Morgan fingerprint density at radius 2 is 1.60 bits per heavy atom. The summed E-state index contributed by atoms with van der Waals surface area (Å²) in [5, 5.41) is 4.31. The molecule has 0 N–H and O–H groups in total. The third kappa shape index (κ3) is 3.60. The first kappa shape index (κ1) is 21.6. The molecule has 1 aliphatic rings. The summed E-state index contributed by atoms with van der Waals surface area (Å²) in [5.74, 6) is -0.281. The van der Waals surface area contributed by atoms with Gasteiger partial charge in [0.25, 0.3) is 11.5 Å². The molecular weight excluding hydrogens is 528 g/mol. The van der Waals surface area contributed by atoms with E-state index >= 15 is 0 Å². The highest BCUT2D eigenvalue weighted by Crippen LogP contribution is 2.38. The number of benzene rings is 3. The third-order valence-corrected chi connectivity index (χ3v) is 7.32. The summed E-state index contributed by atoms with van der Waals surface area (Å²) in [6.07, 6.45) is 0. The molecule has 9 heteroatoms. The predicted molar refractivity (Wildman–Crippen MR) is 138 cm³/mol. The number of thiazole rings is 1. The van der Waals surface area contributed by atoms with Gasteiger partial charge in [0.1, 0.15) is 4.53 Å². The van der Waals surface area contributed by atoms with Crippen LogP contribution in [-0.4, -0.2) is 20.5 Å². The largest absolute Gasteiger partial charge is 0.303 e. The van der Waals surface area contributed by atoms with Gasteiger partial charge in [0, 0.05) is 15.6 Å². The Kier molecular flexibility index (Phi) is 5.16. The fourth-order valence-electron chi connectivity index (χ4n) is 4.18. The maximum absolute atomic E-state index is 13.7. The molecule has 1 aliphatic heterocycles. The van der Waals surface area contributed by atoms with Crippen LogP contribution in [0.1, 0.15) is 11.1 Å². The Balaban J connectivity index is 1.59. The number of rotatable bonds is 3. The minimum Gasteiger partial charge on any atom is -0.303 e. The van der Waals surface area contributed by atoms with Crippen molar-refractivity contribution in [2.24, 2.45) is 0 Å². The number of nitrogens with zero attached hydrogens (tertiary/aromatic N) is 4. The van der Waals surface area contributed by atoms with Gasteiger partial charge in [0.15, 0.2) is 5.69 Å². The van der Waals surface area contributed by atoms with E-state index in [9.17, 15) is 14.4 Å². The van der Waals surface area contributed by atoms with Crippen LogP contribution in [0.2, 0.25) is 0 Å². The summed E-state index contributed by atoms with van der Waals surface area (Å²) in [7, 11) is 0. The fourth-order valence-corrected chi connectivity index (χ4v) is 5.54. The van der Waals surface area contributed by atoms with E-state index in [0.717, 1.165) is 25.9 Å². The predicted octanol–water partition coefficient (Wildman–Crippen LogP) is 3.41. The number of hydrogen-bond acceptors (Lipinski definition) is 6. The first-order chi connectivity index (χ1) is 17.0. The smallest absolute Gasteiger partial charge is 0.300 e. The van der Waals surface area contributed by atoms with Crippen molar-refractivity contribution in [1.29, 1.82) is 0 Å². The second kappa shape index (κ2) is 8.37. The molecule has 0 bridgehead atoms. The van der Waals surface area contributed by atoms with Gasteiger partial charge in [-0.25, -0.2) is 0 Å². The molecule has 1 amide bonds. The van der Waals surface area contributed by atoms with Gasteiger partial charge in [-0.2, -0.15) is 14.6 Å². The molecule has 0 radical (unpaired) electrons. The van der Waals surface area contributed by atoms with Crippen molar-refractivity contribution in [2.75, 3.05) is 4.90 Å². The van der Waals surface area contributed by atoms with Crippen molar-refractivity contribution < 1.29 is 4.79 Å². The number of hydrogen-bond donors (Lipinski definition) is 0. The van der Waals surface area contributed by atoms with E-state index in [4.69, 9.17) is 0 Å². The Hall–Kier alpha value is -3.95. The normalized spacial score (nSPS) is 14.5. The fraction of sp³-hybridized carbons (Fsp3) is 0.0385. The van der Waals surface area contributed by atoms with Gasteiger partial charge in [-0.1, -0.05) is 87.9 Å². The minimum absolute atomic E-state index is 0.0844. The average Bonchev–Trinajstić information content (AvgIpc) is 3.32. The Bertz CT molecular complexity index is 1800. The van der Waals surface area contributed by atoms with Crippen LogP contribution in [0, 0.1) is 0 Å². The van der Waals surface area contributed by atoms with Gasteiger partial charge < -0.3 is 4.90 Å². The van der Waals surface area contributed by atoms with E-state index in [-0.39, 0.29) is 26.7 Å². The van der Waals surface area contributed by atoms with Crippen LogP contribution in [0.15, 0.2) is 92.9 Å². The van der Waals surface area contributed by atoms with E-state index in [1.54, 1.807) is 29.2 Å². The van der Waals surface area contributed by atoms with Crippen molar-refractivity contribution in [1.82, 2.24) is 14.6 Å². The molecule has 0 saturated heterocycles. The van der Waals surface area contributed by atoms with Crippen molar-refractivity contribution in [3.63, 3.8) is 0 Å². The zero-order chi connectivity index (χ0) is 24.1. The van der Waals surface area contributed by atoms with Gasteiger partial charge in [-0.15, -0.1) is 0 Å². The summed E-state index contributed by atoms with van der Waals surface area (Å²) in [4.78, 5) is 45.8. The van der Waals surface area contributed by atoms with E-state index in [1.165, 1.54) is 0 Å². The van der Waals surface area contributed by atoms with E-state index in [2.05, 4.69) is 26.0 Å². The maximum atomic E-state index is 13.7. The third-order valence-electron chi connectivity index (χ3n) is 5.80. The molecule has 3 heterocycles. The Morgan fingerprint density at radius 1 is 0.886 bits per heavy atom. The Morgan fingerprint density at radius 3 is 2.34 bits per heavy atom. The average molecular weight is 543 g/mol. The van der Waals surface area contributed by atoms with Crippen LogP contribution in [0.5, 0.6) is 0 Å². The zero-order valence-corrected chi connectivity index (χ0v) is 20.4. The SMILES string of the molecule is O=C1/C(=c2\sc3nc(=O)c(-c4ccccc4)nn3c2=O)c2cc(Br)ccc2N1Cc1ccccc1. The molecule has 0 saturated carbocycles. The second-order valence-electron chi connectivity index (χ2n) is 7.98. The van der Waals surface area contributed by atoms with E-state index < -0.39 is 11.1 Å². The standard InChI is InChI=1S/C26H15BrN4O3S/c27-17-11-12-19-18(13-17)20(24(33)30(19)14-15-7-3-1-4-8-15)22-25(34)31-26(35-22)28-23(32)21(29-31)16-9-5-2-6-10-16/h1-13H,14H2/b22-20-. The van der Waals surface area contributed by atoms with Gasteiger partial charge in [-0.05, 0) is 23.8 Å². The summed E-state index contributed by atoms with van der Waals surface area (Å²) in [5.41, 5.74) is 2.26. The monoisotopic (exact) mass is 542 g/mol. The van der Waals surface area contributed by atoms with Crippen molar-refractivity contribution in [2.45, 2.75) is 6.54 Å². The number of carbonyl (C=O) groups is 1. The van der Waals surface area contributed by atoms with Crippen molar-refractivity contribution in [3.05, 3.63) is 120 Å². The summed E-state index contributed by atoms with van der Waals surface area (Å²) >= 11 is 4.48. The summed E-state index contributed by atoms with van der Waals surface area (Å²) in [6.45, 7) is 0.364. The lowest BCUT2D eigenvalue weighted by Crippen LogP contribution is -2.32. The lowest BCUT2D eigenvalue weighted by Gasteiger charge is -2.17. The number of anilines is 1. The number of aromatic nitrogens is 3. The summed E-state index contributed by atoms with van der Waals surface area (Å²) < 4.78 is 2.10. The first-order valence-electron chi connectivity index (χ1n) is 10.7. The van der Waals surface area contributed by atoms with Gasteiger partial charge >= 0.3 is 5.56 Å². The first-order valence-corrected chi connectivity index (χ1v) is 12.3. The Labute approximate surface area is 210 Å². The molecule has 0 unspecified atom stereocenters. The maximum Gasteiger partial charge on any atom is 0.300 e. The highest BCUT2D eigenvalue weighted by atomic mass is 79.9. The van der Waals surface area contributed by atoms with Gasteiger partial charge in [0.2, 0.25) is 4.96 Å². The lowest BCUT2D eigenvalue weighted by atomic mass is 10.1. The van der Waals surface area contributed by atoms with Crippen LogP contribution in [0.4, 0.5) is 5.69 Å². The van der Waals surface area contributed by atoms with Crippen LogP contribution in [0.3, 0.4) is 0 Å². The number of amides is 1. The zero-order valence-electron chi connectivity index (χ0n) is 18.0. The molecule has 170 valence electrons. The highest BCUT2D eigenvalue weighted by Gasteiger charge is 2.34. The van der Waals surface area contributed by atoms with Crippen LogP contribution < -0.4 is 20.6 Å². The number of halogens is 1. The van der Waals surface area contributed by atoms with Crippen molar-refractivity contribution in [3.8, 4) is 11.3 Å². The molecule has 0 atom stereocenters. The van der Waals surface area contributed by atoms with Crippen molar-refractivity contribution >= 4 is 49.4 Å². The molecule has 0 fully saturated rings. The molecule has 0 spiro atoms. The minimum atomic E-state index is -0.527. The molecule has 0 aliphatic carbocycles. The quantitative estimate of drug-likeness (QED) is 0.349. The van der Waals surface area contributed by atoms with Gasteiger partial charge in [-0.3, -0.25) is 14.4 Å². The highest BCUT2D eigenvalue weighted by molar-refractivity contribution is 9.10. The van der Waals surface area contributed by atoms with E-state index in [0.29, 0.717) is 23.4 Å². The topological polar surface area (TPSA) is 84.6 Å². The van der Waals surface area contributed by atoms with Gasteiger partial charge in [0.05, 0.1) is 17.8 Å². The molecule has 5 aromatic rings. The molecule has 35 heavy (non-hydrogen) atoms. The van der Waals surface area contributed by atoms with Crippen LogP contribution >= 0.6 is 27.3 Å². The molecule has 2 aromatic heterocycles. The van der Waals surface area contributed by atoms with E-state index in [1.807, 2.05) is 54.6 Å². The van der Waals surface area contributed by atoms with Crippen LogP contribution in [0.25, 0.3) is 21.8 Å². The molecule has 6 rings (SSSR count). The molecule has 7 nitrogen and oxygen atoms in total. The van der Waals surface area contributed by atoms with Crippen LogP contribution in [-0.2, 0) is 11.3 Å². The number of carbonyl (C=O) groups excluding carboxylic acids is 1. The number of fused-ring (bicyclic) bond motifs is 2. The second-order valence-corrected chi connectivity index (χ2v) is 9.87. The molecule has 3 aromatic carbocycles. The lowest BCUT2D eigenvalue weighted by molar-refractivity contribution is -0.113. The molecular formula is C26H15BrN4O3S. The summed E-state index contributed by atoms with van der Waals surface area (Å²) in [6, 6.07) is 24.1.